The first-order valence-electron chi connectivity index (χ1n) is 16.5. The smallest absolute Gasteiger partial charge is 0.163 e. The third-order valence-electron chi connectivity index (χ3n) is 9.74. The predicted octanol–water partition coefficient (Wildman–Crippen LogP) is 11.8. The predicted molar refractivity (Wildman–Crippen MR) is 202 cm³/mol. The molecule has 0 atom stereocenters. The number of rotatable bonds is 3. The first-order chi connectivity index (χ1) is 24.3. The van der Waals surface area contributed by atoms with Crippen LogP contribution < -0.4 is 4.90 Å². The summed E-state index contributed by atoms with van der Waals surface area (Å²) in [5, 5.41) is 7.39. The van der Waals surface area contributed by atoms with E-state index in [-0.39, 0.29) is 0 Å². The minimum Gasteiger partial charge on any atom is -0.309 e. The second kappa shape index (κ2) is 11.0. The van der Waals surface area contributed by atoms with E-state index in [1.165, 1.54) is 49.0 Å². The standard InChI is InChI=1S/C45H28N4/c1-2-12-31(13-3-1)49-42-21-11-10-20-39(42)35-17-7-9-19-37(35)41-27-30(23-25-43(41)49)45-47-28-46-44(48-45)29-22-24-38-34-16-5-4-14-32(34)33-15-6-8-18-36(33)40(38)26-29/h1-28H. The van der Waals surface area contributed by atoms with E-state index in [0.717, 1.165) is 33.8 Å². The van der Waals surface area contributed by atoms with Crippen LogP contribution in [0.1, 0.15) is 0 Å². The molecule has 228 valence electrons. The van der Waals surface area contributed by atoms with Crippen LogP contribution in [0.5, 0.6) is 0 Å². The van der Waals surface area contributed by atoms with Gasteiger partial charge in [-0.15, -0.1) is 0 Å². The Bertz CT molecular complexity index is 2700. The SMILES string of the molecule is c1ccc(N2c3ccccc3-c3ccccc3-c3cc(-c4ncnc(-c5ccc6c7ccccc7c7ccccc7c6c5)n4)ccc32)cc1. The van der Waals surface area contributed by atoms with E-state index in [1.54, 1.807) is 6.33 Å². The van der Waals surface area contributed by atoms with E-state index in [4.69, 9.17) is 9.97 Å². The number of fused-ring (bicyclic) bond motifs is 11. The lowest BCUT2D eigenvalue weighted by Crippen LogP contribution is -2.10. The zero-order valence-corrected chi connectivity index (χ0v) is 26.5. The van der Waals surface area contributed by atoms with Crippen molar-refractivity contribution < 1.29 is 0 Å². The molecule has 0 saturated heterocycles. The van der Waals surface area contributed by atoms with Gasteiger partial charge in [0.15, 0.2) is 11.6 Å². The van der Waals surface area contributed by atoms with Gasteiger partial charge in [-0.1, -0.05) is 121 Å². The van der Waals surface area contributed by atoms with Gasteiger partial charge in [-0.3, -0.25) is 0 Å². The van der Waals surface area contributed by atoms with Crippen molar-refractivity contribution in [2.45, 2.75) is 0 Å². The van der Waals surface area contributed by atoms with Crippen molar-refractivity contribution in [1.82, 2.24) is 15.0 Å². The fourth-order valence-electron chi connectivity index (χ4n) is 7.54. The van der Waals surface area contributed by atoms with E-state index in [9.17, 15) is 0 Å². The van der Waals surface area contributed by atoms with Gasteiger partial charge in [-0.25, -0.2) is 15.0 Å². The Morgan fingerprint density at radius 3 is 1.53 bits per heavy atom. The van der Waals surface area contributed by atoms with Crippen LogP contribution in [0.25, 0.3) is 77.3 Å². The maximum atomic E-state index is 5.07. The summed E-state index contributed by atoms with van der Waals surface area (Å²) >= 11 is 0. The number of aromatic nitrogens is 3. The molecule has 10 rings (SSSR count). The Labute approximate surface area is 283 Å². The Hall–Kier alpha value is -6.65. The number of anilines is 3. The monoisotopic (exact) mass is 624 g/mol. The maximum absolute atomic E-state index is 5.07. The van der Waals surface area contributed by atoms with Crippen LogP contribution in [0, 0.1) is 0 Å². The molecular weight excluding hydrogens is 597 g/mol. The Kier molecular flexibility index (Phi) is 6.15. The second-order valence-electron chi connectivity index (χ2n) is 12.4. The number of hydrogen-bond acceptors (Lipinski definition) is 4. The van der Waals surface area contributed by atoms with Gasteiger partial charge in [0, 0.05) is 27.9 Å². The third-order valence-corrected chi connectivity index (χ3v) is 9.74. The molecule has 0 amide bonds. The fraction of sp³-hybridized carbons (Fsp3) is 0. The summed E-state index contributed by atoms with van der Waals surface area (Å²) < 4.78 is 0. The molecule has 0 unspecified atom stereocenters. The molecule has 1 aromatic heterocycles. The highest BCUT2D eigenvalue weighted by Crippen LogP contribution is 2.51. The molecule has 2 heterocycles. The van der Waals surface area contributed by atoms with Crippen LogP contribution >= 0.6 is 0 Å². The molecule has 49 heavy (non-hydrogen) atoms. The maximum Gasteiger partial charge on any atom is 0.163 e. The van der Waals surface area contributed by atoms with E-state index >= 15 is 0 Å². The van der Waals surface area contributed by atoms with Crippen molar-refractivity contribution in [3.8, 4) is 45.0 Å². The minimum atomic E-state index is 0.641. The molecule has 0 spiro atoms. The number of nitrogens with zero attached hydrogens (tertiary/aromatic N) is 4. The number of hydrogen-bond donors (Lipinski definition) is 0. The Morgan fingerprint density at radius 1 is 0.347 bits per heavy atom. The molecule has 4 heteroatoms. The van der Waals surface area contributed by atoms with E-state index < -0.39 is 0 Å². The van der Waals surface area contributed by atoms with Crippen LogP contribution in [0.3, 0.4) is 0 Å². The molecule has 9 aromatic rings. The topological polar surface area (TPSA) is 41.9 Å². The van der Waals surface area contributed by atoms with Gasteiger partial charge in [0.2, 0.25) is 0 Å². The van der Waals surface area contributed by atoms with Crippen LogP contribution in [0.15, 0.2) is 170 Å². The van der Waals surface area contributed by atoms with Crippen LogP contribution in [-0.2, 0) is 0 Å². The van der Waals surface area contributed by atoms with Gasteiger partial charge >= 0.3 is 0 Å². The molecular formula is C45H28N4. The highest BCUT2D eigenvalue weighted by molar-refractivity contribution is 6.25. The summed E-state index contributed by atoms with van der Waals surface area (Å²) in [4.78, 5) is 16.8. The largest absolute Gasteiger partial charge is 0.309 e. The normalized spacial score (nSPS) is 12.0. The molecule has 1 aliphatic heterocycles. The lowest BCUT2D eigenvalue weighted by atomic mass is 9.93. The van der Waals surface area contributed by atoms with Crippen molar-refractivity contribution >= 4 is 49.4 Å². The lowest BCUT2D eigenvalue weighted by molar-refractivity contribution is 1.07. The Morgan fingerprint density at radius 2 is 0.837 bits per heavy atom. The number of benzene rings is 8. The van der Waals surface area contributed by atoms with Crippen molar-refractivity contribution in [3.63, 3.8) is 0 Å². The van der Waals surface area contributed by atoms with Gasteiger partial charge in [-0.2, -0.15) is 0 Å². The van der Waals surface area contributed by atoms with Crippen LogP contribution in [0.2, 0.25) is 0 Å². The number of para-hydroxylation sites is 2. The first-order valence-corrected chi connectivity index (χ1v) is 16.5. The van der Waals surface area contributed by atoms with Gasteiger partial charge < -0.3 is 4.90 Å². The van der Waals surface area contributed by atoms with E-state index in [1.807, 2.05) is 0 Å². The van der Waals surface area contributed by atoms with Gasteiger partial charge in [0.05, 0.1) is 11.4 Å². The Balaban J connectivity index is 1.14. The minimum absolute atomic E-state index is 0.641. The average Bonchev–Trinajstić information content (AvgIpc) is 3.31. The second-order valence-corrected chi connectivity index (χ2v) is 12.4. The summed E-state index contributed by atoms with van der Waals surface area (Å²) in [6, 6.07) is 58.3. The average molecular weight is 625 g/mol. The third kappa shape index (κ3) is 4.35. The highest BCUT2D eigenvalue weighted by atomic mass is 15.1. The molecule has 0 N–H and O–H groups in total. The summed E-state index contributed by atoms with van der Waals surface area (Å²) in [5.41, 5.74) is 9.95. The first kappa shape index (κ1) is 27.5. The van der Waals surface area contributed by atoms with Crippen LogP contribution in [0.4, 0.5) is 17.1 Å². The molecule has 0 bridgehead atoms. The molecule has 1 aliphatic rings. The van der Waals surface area contributed by atoms with Crippen molar-refractivity contribution in [2.24, 2.45) is 0 Å². The van der Waals surface area contributed by atoms with Crippen molar-refractivity contribution in [3.05, 3.63) is 170 Å². The quantitative estimate of drug-likeness (QED) is 0.183. The molecule has 0 fully saturated rings. The zero-order chi connectivity index (χ0) is 32.3. The van der Waals surface area contributed by atoms with Crippen LogP contribution in [-0.4, -0.2) is 15.0 Å². The van der Waals surface area contributed by atoms with E-state index in [0.29, 0.717) is 11.6 Å². The molecule has 0 aliphatic carbocycles. The highest BCUT2D eigenvalue weighted by Gasteiger charge is 2.26. The summed E-state index contributed by atoms with van der Waals surface area (Å²) in [7, 11) is 0. The molecule has 0 radical (unpaired) electrons. The van der Waals surface area contributed by atoms with E-state index in [2.05, 4.69) is 174 Å². The zero-order valence-electron chi connectivity index (χ0n) is 26.5. The summed E-state index contributed by atoms with van der Waals surface area (Å²) in [6.45, 7) is 0. The summed E-state index contributed by atoms with van der Waals surface area (Å²) in [6.07, 6.45) is 1.63. The fourth-order valence-corrected chi connectivity index (χ4v) is 7.54. The lowest BCUT2D eigenvalue weighted by Gasteiger charge is -2.27. The molecule has 0 saturated carbocycles. The van der Waals surface area contributed by atoms with Crippen molar-refractivity contribution in [1.29, 1.82) is 0 Å². The summed E-state index contributed by atoms with van der Waals surface area (Å²) in [5.74, 6) is 1.29. The van der Waals surface area contributed by atoms with Gasteiger partial charge in [0.1, 0.15) is 6.33 Å². The van der Waals surface area contributed by atoms with Gasteiger partial charge in [-0.05, 0) is 85.9 Å². The van der Waals surface area contributed by atoms with Crippen molar-refractivity contribution in [2.75, 3.05) is 4.90 Å². The molecule has 4 nitrogen and oxygen atoms in total. The van der Waals surface area contributed by atoms with Gasteiger partial charge in [0.25, 0.3) is 0 Å². The molecule has 8 aromatic carbocycles.